The minimum Gasteiger partial charge on any atom is -0.481 e. The third kappa shape index (κ3) is 6.86. The van der Waals surface area contributed by atoms with Crippen molar-refractivity contribution in [3.05, 3.63) is 23.9 Å². The monoisotopic (exact) mass is 322 g/mol. The van der Waals surface area contributed by atoms with Crippen LogP contribution in [0.25, 0.3) is 0 Å². The van der Waals surface area contributed by atoms with Crippen LogP contribution < -0.4 is 15.4 Å². The summed E-state index contributed by atoms with van der Waals surface area (Å²) in [5.74, 6) is 1.90. The second-order valence-electron chi connectivity index (χ2n) is 5.55. The van der Waals surface area contributed by atoms with Gasteiger partial charge >= 0.3 is 0 Å². The van der Waals surface area contributed by atoms with Gasteiger partial charge in [-0.05, 0) is 25.3 Å². The van der Waals surface area contributed by atoms with E-state index in [-0.39, 0.29) is 6.10 Å². The van der Waals surface area contributed by atoms with E-state index in [0.29, 0.717) is 18.3 Å². The number of aromatic nitrogens is 1. The quantitative estimate of drug-likeness (QED) is 0.539. The molecule has 1 heterocycles. The number of pyridine rings is 1. The molecule has 0 fully saturated rings. The first-order valence-corrected chi connectivity index (χ1v) is 8.16. The molecule has 1 unspecified atom stereocenters. The molecule has 1 rings (SSSR count). The van der Waals surface area contributed by atoms with E-state index >= 15 is 0 Å². The zero-order valence-corrected chi connectivity index (χ0v) is 14.9. The van der Waals surface area contributed by atoms with Crippen molar-refractivity contribution in [1.82, 2.24) is 15.6 Å². The van der Waals surface area contributed by atoms with E-state index in [2.05, 4.69) is 34.5 Å². The molecule has 6 heteroatoms. The van der Waals surface area contributed by atoms with E-state index in [0.717, 1.165) is 31.1 Å². The van der Waals surface area contributed by atoms with Crippen LogP contribution in [-0.2, 0) is 11.3 Å². The summed E-state index contributed by atoms with van der Waals surface area (Å²) < 4.78 is 11.0. The molecular weight excluding hydrogens is 292 g/mol. The smallest absolute Gasteiger partial charge is 0.218 e. The largest absolute Gasteiger partial charge is 0.481 e. The molecule has 0 bridgehead atoms. The van der Waals surface area contributed by atoms with Crippen LogP contribution >= 0.6 is 0 Å². The molecule has 0 aromatic carbocycles. The summed E-state index contributed by atoms with van der Waals surface area (Å²) in [7, 11) is 3.39. The summed E-state index contributed by atoms with van der Waals surface area (Å²) in [6.07, 6.45) is 2.93. The molecule has 23 heavy (non-hydrogen) atoms. The number of aliphatic imine (C=N–C) groups is 1. The molecule has 6 nitrogen and oxygen atoms in total. The van der Waals surface area contributed by atoms with Gasteiger partial charge in [0.25, 0.3) is 0 Å². The minimum absolute atomic E-state index is 0.268. The lowest BCUT2D eigenvalue weighted by Crippen LogP contribution is -2.39. The molecule has 0 amide bonds. The number of methoxy groups -OCH3 is 1. The summed E-state index contributed by atoms with van der Waals surface area (Å²) in [4.78, 5) is 8.43. The van der Waals surface area contributed by atoms with Gasteiger partial charge in [0.2, 0.25) is 5.88 Å². The fraction of sp³-hybridized carbons (Fsp3) is 0.647. The van der Waals surface area contributed by atoms with Gasteiger partial charge in [-0.2, -0.15) is 0 Å². The van der Waals surface area contributed by atoms with E-state index in [4.69, 9.17) is 9.47 Å². The Bertz CT molecular complexity index is 477. The second kappa shape index (κ2) is 10.8. The highest BCUT2D eigenvalue weighted by atomic mass is 16.5. The average Bonchev–Trinajstić information content (AvgIpc) is 2.57. The zero-order valence-electron chi connectivity index (χ0n) is 14.9. The first-order valence-electron chi connectivity index (χ1n) is 8.16. The van der Waals surface area contributed by atoms with Gasteiger partial charge in [0.05, 0.1) is 13.2 Å². The van der Waals surface area contributed by atoms with Crippen LogP contribution in [0.5, 0.6) is 5.88 Å². The van der Waals surface area contributed by atoms with Crippen molar-refractivity contribution in [3.8, 4) is 5.88 Å². The fourth-order valence-corrected chi connectivity index (χ4v) is 2.30. The second-order valence-corrected chi connectivity index (χ2v) is 5.55. The van der Waals surface area contributed by atoms with Crippen molar-refractivity contribution < 1.29 is 9.47 Å². The van der Waals surface area contributed by atoms with E-state index in [1.807, 2.05) is 19.1 Å². The molecular formula is C17H30N4O2. The van der Waals surface area contributed by atoms with Crippen molar-refractivity contribution in [3.63, 3.8) is 0 Å². The van der Waals surface area contributed by atoms with Crippen molar-refractivity contribution in [2.75, 3.05) is 27.3 Å². The van der Waals surface area contributed by atoms with Crippen LogP contribution in [0, 0.1) is 5.92 Å². The SMILES string of the molecule is CCOC(CCNC(=NC)NCc1cccnc1OC)C(C)C. The molecule has 130 valence electrons. The van der Waals surface area contributed by atoms with Crippen LogP contribution in [-0.4, -0.2) is 44.4 Å². The van der Waals surface area contributed by atoms with E-state index < -0.39 is 0 Å². The van der Waals surface area contributed by atoms with Crippen LogP contribution in [0.15, 0.2) is 23.3 Å². The number of ether oxygens (including phenoxy) is 2. The third-order valence-electron chi connectivity index (χ3n) is 3.56. The third-order valence-corrected chi connectivity index (χ3v) is 3.56. The molecule has 0 aliphatic carbocycles. The lowest BCUT2D eigenvalue weighted by Gasteiger charge is -2.21. The highest BCUT2D eigenvalue weighted by Crippen LogP contribution is 2.13. The van der Waals surface area contributed by atoms with Gasteiger partial charge in [-0.1, -0.05) is 19.9 Å². The van der Waals surface area contributed by atoms with Gasteiger partial charge < -0.3 is 20.1 Å². The van der Waals surface area contributed by atoms with E-state index in [1.54, 1.807) is 20.4 Å². The Morgan fingerprint density at radius 3 is 2.74 bits per heavy atom. The number of guanidine groups is 1. The minimum atomic E-state index is 0.268. The number of hydrogen-bond acceptors (Lipinski definition) is 4. The molecule has 0 saturated carbocycles. The predicted molar refractivity (Wildman–Crippen MR) is 93.9 cm³/mol. The summed E-state index contributed by atoms with van der Waals surface area (Å²) in [5.41, 5.74) is 0.993. The Balaban J connectivity index is 2.43. The normalized spacial score (nSPS) is 13.0. The van der Waals surface area contributed by atoms with E-state index in [9.17, 15) is 0 Å². The molecule has 0 radical (unpaired) electrons. The van der Waals surface area contributed by atoms with Gasteiger partial charge in [0, 0.05) is 38.5 Å². The first kappa shape index (κ1) is 19.2. The Morgan fingerprint density at radius 2 is 2.13 bits per heavy atom. The van der Waals surface area contributed by atoms with Gasteiger partial charge in [0.15, 0.2) is 5.96 Å². The Morgan fingerprint density at radius 1 is 1.35 bits per heavy atom. The first-order chi connectivity index (χ1) is 11.1. The number of nitrogens with zero attached hydrogens (tertiary/aromatic N) is 2. The van der Waals surface area contributed by atoms with Gasteiger partial charge in [-0.15, -0.1) is 0 Å². The van der Waals surface area contributed by atoms with Crippen molar-refractivity contribution in [1.29, 1.82) is 0 Å². The Labute approximate surface area is 139 Å². The maximum absolute atomic E-state index is 5.75. The van der Waals surface area contributed by atoms with Crippen LogP contribution in [0.3, 0.4) is 0 Å². The maximum atomic E-state index is 5.75. The van der Waals surface area contributed by atoms with Gasteiger partial charge in [-0.3, -0.25) is 4.99 Å². The topological polar surface area (TPSA) is 67.8 Å². The van der Waals surface area contributed by atoms with Crippen molar-refractivity contribution in [2.24, 2.45) is 10.9 Å². The standard InChI is InChI=1S/C17H30N4O2/c1-6-23-15(13(2)3)9-11-20-17(18-4)21-12-14-8-7-10-19-16(14)22-5/h7-8,10,13,15H,6,9,11-12H2,1-5H3,(H2,18,20,21). The average molecular weight is 322 g/mol. The Hall–Kier alpha value is -1.82. The summed E-state index contributed by atoms with van der Waals surface area (Å²) >= 11 is 0. The molecule has 0 aliphatic rings. The van der Waals surface area contributed by atoms with Crippen LogP contribution in [0.4, 0.5) is 0 Å². The zero-order chi connectivity index (χ0) is 17.1. The van der Waals surface area contributed by atoms with E-state index in [1.165, 1.54) is 0 Å². The summed E-state index contributed by atoms with van der Waals surface area (Å²) in [6.45, 7) is 8.56. The number of nitrogens with one attached hydrogen (secondary N) is 2. The molecule has 1 aromatic rings. The fourth-order valence-electron chi connectivity index (χ4n) is 2.30. The predicted octanol–water partition coefficient (Wildman–Crippen LogP) is 2.21. The highest BCUT2D eigenvalue weighted by molar-refractivity contribution is 5.79. The molecule has 0 spiro atoms. The van der Waals surface area contributed by atoms with Crippen molar-refractivity contribution in [2.45, 2.75) is 39.8 Å². The van der Waals surface area contributed by atoms with Crippen LogP contribution in [0.1, 0.15) is 32.8 Å². The molecule has 1 atom stereocenters. The molecule has 0 saturated heterocycles. The summed E-state index contributed by atoms with van der Waals surface area (Å²) in [5, 5.41) is 6.59. The van der Waals surface area contributed by atoms with Gasteiger partial charge in [0.1, 0.15) is 0 Å². The molecule has 2 N–H and O–H groups in total. The number of rotatable bonds is 9. The van der Waals surface area contributed by atoms with Crippen molar-refractivity contribution >= 4 is 5.96 Å². The lowest BCUT2D eigenvalue weighted by atomic mass is 10.0. The maximum Gasteiger partial charge on any atom is 0.218 e. The lowest BCUT2D eigenvalue weighted by molar-refractivity contribution is 0.0258. The molecule has 1 aromatic heterocycles. The van der Waals surface area contributed by atoms with Gasteiger partial charge in [-0.25, -0.2) is 4.98 Å². The molecule has 0 aliphatic heterocycles. The number of hydrogen-bond donors (Lipinski definition) is 2. The summed E-state index contributed by atoms with van der Waals surface area (Å²) in [6, 6.07) is 3.88. The van der Waals surface area contributed by atoms with Crippen LogP contribution in [0.2, 0.25) is 0 Å². The Kier molecular flexibility index (Phi) is 9.05. The highest BCUT2D eigenvalue weighted by Gasteiger charge is 2.13.